The van der Waals surface area contributed by atoms with Gasteiger partial charge in [0.2, 0.25) is 5.91 Å². The summed E-state index contributed by atoms with van der Waals surface area (Å²) < 4.78 is 0. The third kappa shape index (κ3) is 4.91. The molecule has 0 saturated carbocycles. The Morgan fingerprint density at radius 1 is 1.00 bits per heavy atom. The van der Waals surface area contributed by atoms with Crippen molar-refractivity contribution in [3.05, 3.63) is 59.2 Å². The fourth-order valence-electron chi connectivity index (χ4n) is 3.56. The molecule has 1 aliphatic rings. The predicted octanol–water partition coefficient (Wildman–Crippen LogP) is 4.23. The van der Waals surface area contributed by atoms with E-state index < -0.39 is 0 Å². The van der Waals surface area contributed by atoms with Crippen molar-refractivity contribution in [1.29, 1.82) is 0 Å². The number of nitrogens with zero attached hydrogens (tertiary/aromatic N) is 1. The van der Waals surface area contributed by atoms with E-state index in [0.29, 0.717) is 17.2 Å². The van der Waals surface area contributed by atoms with Crippen LogP contribution >= 0.6 is 0 Å². The molecule has 0 radical (unpaired) electrons. The summed E-state index contributed by atoms with van der Waals surface area (Å²) in [6.07, 6.45) is 2.13. The number of rotatable bonds is 5. The van der Waals surface area contributed by atoms with E-state index in [0.717, 1.165) is 42.7 Å². The zero-order chi connectivity index (χ0) is 20.1. The van der Waals surface area contributed by atoms with Crippen LogP contribution in [-0.4, -0.2) is 36.3 Å². The molecule has 3 rings (SSSR count). The van der Waals surface area contributed by atoms with Gasteiger partial charge in [-0.15, -0.1) is 0 Å². The predicted molar refractivity (Wildman–Crippen MR) is 114 cm³/mol. The molecule has 2 aromatic carbocycles. The van der Waals surface area contributed by atoms with Gasteiger partial charge in [-0.2, -0.15) is 0 Å². The van der Waals surface area contributed by atoms with Gasteiger partial charge >= 0.3 is 0 Å². The number of para-hydroxylation sites is 1. The first-order valence-corrected chi connectivity index (χ1v) is 9.93. The normalized spacial score (nSPS) is 14.6. The number of amides is 2. The Morgan fingerprint density at radius 2 is 1.61 bits per heavy atom. The molecular weight excluding hydrogens is 350 g/mol. The third-order valence-corrected chi connectivity index (χ3v) is 5.39. The molecule has 0 aliphatic carbocycles. The lowest BCUT2D eigenvalue weighted by Crippen LogP contribution is -2.37. The second-order valence-corrected chi connectivity index (χ2v) is 7.72. The van der Waals surface area contributed by atoms with Crippen LogP contribution in [0.2, 0.25) is 0 Å². The van der Waals surface area contributed by atoms with Crippen LogP contribution in [0.5, 0.6) is 0 Å². The topological polar surface area (TPSA) is 61.4 Å². The number of hydrogen-bond donors (Lipinski definition) is 2. The highest BCUT2D eigenvalue weighted by Crippen LogP contribution is 2.20. The highest BCUT2D eigenvalue weighted by atomic mass is 16.2. The summed E-state index contributed by atoms with van der Waals surface area (Å²) >= 11 is 0. The average Bonchev–Trinajstić information content (AvgIpc) is 2.68. The van der Waals surface area contributed by atoms with E-state index in [-0.39, 0.29) is 18.4 Å². The summed E-state index contributed by atoms with van der Waals surface area (Å²) in [5, 5.41) is 6.08. The van der Waals surface area contributed by atoms with Gasteiger partial charge in [0.15, 0.2) is 0 Å². The maximum atomic E-state index is 12.6. The van der Waals surface area contributed by atoms with Crippen LogP contribution in [0.1, 0.15) is 41.3 Å². The molecule has 5 nitrogen and oxygen atoms in total. The van der Waals surface area contributed by atoms with E-state index in [4.69, 9.17) is 0 Å². The van der Waals surface area contributed by atoms with E-state index in [1.165, 1.54) is 0 Å². The molecular formula is C23H29N3O2. The first-order valence-electron chi connectivity index (χ1n) is 9.93. The fourth-order valence-corrected chi connectivity index (χ4v) is 3.56. The van der Waals surface area contributed by atoms with Gasteiger partial charge in [0, 0.05) is 30.0 Å². The molecule has 0 unspecified atom stereocenters. The largest absolute Gasteiger partial charge is 0.376 e. The Morgan fingerprint density at radius 3 is 2.21 bits per heavy atom. The molecule has 0 aromatic heterocycles. The van der Waals surface area contributed by atoms with Gasteiger partial charge in [-0.3, -0.25) is 9.59 Å². The van der Waals surface area contributed by atoms with Crippen molar-refractivity contribution in [2.45, 2.75) is 33.6 Å². The smallest absolute Gasteiger partial charge is 0.253 e. The quantitative estimate of drug-likeness (QED) is 0.817. The monoisotopic (exact) mass is 379 g/mol. The van der Waals surface area contributed by atoms with Crippen molar-refractivity contribution < 1.29 is 9.59 Å². The Kier molecular flexibility index (Phi) is 6.34. The Balaban J connectivity index is 1.53. The van der Waals surface area contributed by atoms with Crippen LogP contribution < -0.4 is 10.6 Å². The van der Waals surface area contributed by atoms with Crippen LogP contribution in [0.25, 0.3) is 0 Å². The molecule has 0 bridgehead atoms. The average molecular weight is 380 g/mol. The first kappa shape index (κ1) is 19.9. The molecule has 1 saturated heterocycles. The van der Waals surface area contributed by atoms with Crippen LogP contribution in [0.15, 0.2) is 42.5 Å². The van der Waals surface area contributed by atoms with Gasteiger partial charge in [0.25, 0.3) is 5.91 Å². The maximum Gasteiger partial charge on any atom is 0.253 e. The van der Waals surface area contributed by atoms with Crippen molar-refractivity contribution >= 4 is 23.2 Å². The minimum Gasteiger partial charge on any atom is -0.376 e. The Hall–Kier alpha value is -2.82. The molecule has 1 fully saturated rings. The van der Waals surface area contributed by atoms with Crippen LogP contribution in [0, 0.1) is 19.8 Å². The molecule has 28 heavy (non-hydrogen) atoms. The lowest BCUT2D eigenvalue weighted by molar-refractivity contribution is -0.114. The summed E-state index contributed by atoms with van der Waals surface area (Å²) in [5.41, 5.74) is 4.58. The number of benzene rings is 2. The first-order chi connectivity index (χ1) is 13.4. The Bertz CT molecular complexity index is 817. The molecule has 1 heterocycles. The van der Waals surface area contributed by atoms with Crippen LogP contribution in [-0.2, 0) is 4.79 Å². The van der Waals surface area contributed by atoms with Gasteiger partial charge in [-0.1, -0.05) is 25.1 Å². The minimum atomic E-state index is -0.119. The van der Waals surface area contributed by atoms with Gasteiger partial charge < -0.3 is 15.5 Å². The Labute approximate surface area is 167 Å². The number of carbonyl (C=O) groups excluding carboxylic acids is 2. The molecule has 2 N–H and O–H groups in total. The van der Waals surface area contributed by atoms with Crippen molar-refractivity contribution in [3.63, 3.8) is 0 Å². The highest BCUT2D eigenvalue weighted by Gasteiger charge is 2.21. The number of anilines is 2. The van der Waals surface area contributed by atoms with E-state index in [2.05, 4.69) is 17.6 Å². The van der Waals surface area contributed by atoms with Crippen LogP contribution in [0.4, 0.5) is 11.4 Å². The summed E-state index contributed by atoms with van der Waals surface area (Å²) in [6.45, 7) is 8.11. The summed E-state index contributed by atoms with van der Waals surface area (Å²) in [5.74, 6) is 0.645. The maximum absolute atomic E-state index is 12.6. The zero-order valence-corrected chi connectivity index (χ0v) is 16.9. The lowest BCUT2D eigenvalue weighted by Gasteiger charge is -2.30. The van der Waals surface area contributed by atoms with E-state index in [9.17, 15) is 9.59 Å². The molecule has 2 aromatic rings. The van der Waals surface area contributed by atoms with Gasteiger partial charge in [-0.25, -0.2) is 0 Å². The van der Waals surface area contributed by atoms with Gasteiger partial charge in [-0.05, 0) is 68.0 Å². The molecule has 1 aliphatic heterocycles. The third-order valence-electron chi connectivity index (χ3n) is 5.39. The molecule has 0 atom stereocenters. The number of carbonyl (C=O) groups is 2. The molecule has 5 heteroatoms. The fraction of sp³-hybridized carbons (Fsp3) is 0.391. The minimum absolute atomic E-state index is 0.0708. The number of likely N-dealkylation sites (tertiary alicyclic amines) is 1. The second-order valence-electron chi connectivity index (χ2n) is 7.72. The van der Waals surface area contributed by atoms with E-state index in [1.54, 1.807) is 24.3 Å². The highest BCUT2D eigenvalue weighted by molar-refractivity contribution is 5.96. The van der Waals surface area contributed by atoms with Crippen molar-refractivity contribution in [2.24, 2.45) is 5.92 Å². The standard InChI is InChI=1S/C23H29N3O2/c1-16-11-13-26(14-12-16)23(28)19-7-9-20(10-8-19)25-21(27)15-24-22-17(2)5-4-6-18(22)3/h4-10,16,24H,11-15H2,1-3H3,(H,25,27). The summed E-state index contributed by atoms with van der Waals surface area (Å²) in [7, 11) is 0. The van der Waals surface area contributed by atoms with Crippen molar-refractivity contribution in [2.75, 3.05) is 30.3 Å². The summed E-state index contributed by atoms with van der Waals surface area (Å²) in [6, 6.07) is 13.2. The number of aryl methyl sites for hydroxylation is 2. The molecule has 148 valence electrons. The van der Waals surface area contributed by atoms with E-state index in [1.807, 2.05) is 36.9 Å². The number of hydrogen-bond acceptors (Lipinski definition) is 3. The van der Waals surface area contributed by atoms with Gasteiger partial charge in [0.1, 0.15) is 0 Å². The van der Waals surface area contributed by atoms with Gasteiger partial charge in [0.05, 0.1) is 6.54 Å². The number of nitrogens with one attached hydrogen (secondary N) is 2. The second kappa shape index (κ2) is 8.91. The van der Waals surface area contributed by atoms with Crippen LogP contribution in [0.3, 0.4) is 0 Å². The molecule has 2 amide bonds. The van der Waals surface area contributed by atoms with Crippen molar-refractivity contribution in [3.8, 4) is 0 Å². The molecule has 0 spiro atoms. The number of piperidine rings is 1. The van der Waals surface area contributed by atoms with Crippen molar-refractivity contribution in [1.82, 2.24) is 4.90 Å². The van der Waals surface area contributed by atoms with E-state index >= 15 is 0 Å². The lowest BCUT2D eigenvalue weighted by atomic mass is 9.98. The zero-order valence-electron chi connectivity index (χ0n) is 16.9. The summed E-state index contributed by atoms with van der Waals surface area (Å²) in [4.78, 5) is 26.8. The SMILES string of the molecule is Cc1cccc(C)c1NCC(=O)Nc1ccc(C(=O)N2CCC(C)CC2)cc1.